The fourth-order valence-corrected chi connectivity index (χ4v) is 2.64. The van der Waals surface area contributed by atoms with E-state index in [0.717, 1.165) is 25.0 Å². The van der Waals surface area contributed by atoms with Crippen molar-refractivity contribution in [3.05, 3.63) is 0 Å². The lowest BCUT2D eigenvalue weighted by molar-refractivity contribution is 0.164. The van der Waals surface area contributed by atoms with Crippen LogP contribution in [0, 0.1) is 11.8 Å². The van der Waals surface area contributed by atoms with Crippen LogP contribution in [0.25, 0.3) is 0 Å². The summed E-state index contributed by atoms with van der Waals surface area (Å²) in [5.74, 6) is 1.85. The van der Waals surface area contributed by atoms with Gasteiger partial charge in [0.05, 0.1) is 0 Å². The fraction of sp³-hybridized carbons (Fsp3) is 1.00. The van der Waals surface area contributed by atoms with Crippen LogP contribution in [0.5, 0.6) is 0 Å². The van der Waals surface area contributed by atoms with Gasteiger partial charge < -0.3 is 10.1 Å². The Balaban J connectivity index is 1.80. The molecule has 2 heterocycles. The minimum atomic E-state index is 0.887. The first-order valence-electron chi connectivity index (χ1n) is 5.75. The highest BCUT2D eigenvalue weighted by Crippen LogP contribution is 2.29. The Bertz CT molecular complexity index is 135. The molecule has 2 aliphatic heterocycles. The van der Waals surface area contributed by atoms with Crippen molar-refractivity contribution in [2.24, 2.45) is 11.8 Å². The van der Waals surface area contributed by atoms with Gasteiger partial charge in [-0.25, -0.2) is 0 Å². The molecule has 1 unspecified atom stereocenters. The van der Waals surface area contributed by atoms with Crippen LogP contribution in [-0.4, -0.2) is 26.3 Å². The first-order valence-corrected chi connectivity index (χ1v) is 5.75. The first kappa shape index (κ1) is 9.47. The smallest absolute Gasteiger partial charge is 0.0497 e. The molecule has 0 aromatic rings. The zero-order valence-electron chi connectivity index (χ0n) is 8.43. The summed E-state index contributed by atoms with van der Waals surface area (Å²) in [6.07, 6.45) is 6.88. The predicted molar refractivity (Wildman–Crippen MR) is 53.8 cm³/mol. The second-order valence-corrected chi connectivity index (χ2v) is 4.42. The number of nitrogens with one attached hydrogen (secondary N) is 1. The highest BCUT2D eigenvalue weighted by Gasteiger charge is 2.25. The zero-order chi connectivity index (χ0) is 8.93. The van der Waals surface area contributed by atoms with Crippen molar-refractivity contribution < 1.29 is 4.74 Å². The second kappa shape index (κ2) is 4.97. The summed E-state index contributed by atoms with van der Waals surface area (Å²) >= 11 is 0. The van der Waals surface area contributed by atoms with Crippen LogP contribution >= 0.6 is 0 Å². The summed E-state index contributed by atoms with van der Waals surface area (Å²) in [6, 6.07) is 0. The average molecular weight is 183 g/mol. The maximum Gasteiger partial charge on any atom is 0.0497 e. The van der Waals surface area contributed by atoms with Gasteiger partial charge >= 0.3 is 0 Å². The Hall–Kier alpha value is -0.0800. The van der Waals surface area contributed by atoms with Crippen LogP contribution < -0.4 is 5.32 Å². The van der Waals surface area contributed by atoms with Gasteiger partial charge in [0.2, 0.25) is 0 Å². The van der Waals surface area contributed by atoms with Crippen molar-refractivity contribution in [2.75, 3.05) is 26.3 Å². The molecule has 2 fully saturated rings. The molecule has 0 spiro atoms. The fourth-order valence-electron chi connectivity index (χ4n) is 2.64. The van der Waals surface area contributed by atoms with Crippen LogP contribution in [-0.2, 0) is 4.74 Å². The number of hydrogen-bond acceptors (Lipinski definition) is 2. The van der Waals surface area contributed by atoms with Gasteiger partial charge in [0.25, 0.3) is 0 Å². The topological polar surface area (TPSA) is 21.3 Å². The third kappa shape index (κ3) is 2.68. The van der Waals surface area contributed by atoms with Crippen molar-refractivity contribution >= 4 is 0 Å². The van der Waals surface area contributed by atoms with E-state index in [9.17, 15) is 0 Å². The molecule has 2 rings (SSSR count). The summed E-state index contributed by atoms with van der Waals surface area (Å²) < 4.78 is 5.47. The van der Waals surface area contributed by atoms with Crippen LogP contribution in [0.2, 0.25) is 0 Å². The number of hydrogen-bond donors (Lipinski definition) is 1. The average Bonchev–Trinajstić information content (AvgIpc) is 2.55. The standard InChI is InChI=1S/C11H21NO/c1-3-10(4-2-7-12-6-1)11-5-8-13-9-11/h10-12H,1-9H2. The molecule has 0 radical (unpaired) electrons. The Morgan fingerprint density at radius 3 is 2.31 bits per heavy atom. The quantitative estimate of drug-likeness (QED) is 0.669. The summed E-state index contributed by atoms with van der Waals surface area (Å²) in [5.41, 5.74) is 0. The zero-order valence-corrected chi connectivity index (χ0v) is 8.43. The van der Waals surface area contributed by atoms with E-state index in [1.807, 2.05) is 0 Å². The third-order valence-corrected chi connectivity index (χ3v) is 3.49. The van der Waals surface area contributed by atoms with Crippen molar-refractivity contribution in [1.29, 1.82) is 0 Å². The molecule has 13 heavy (non-hydrogen) atoms. The lowest BCUT2D eigenvalue weighted by Crippen LogP contribution is -2.25. The van der Waals surface area contributed by atoms with Crippen LogP contribution in [0.4, 0.5) is 0 Å². The summed E-state index contributed by atoms with van der Waals surface area (Å²) in [5, 5.41) is 3.47. The molecular weight excluding hydrogens is 162 g/mol. The van der Waals surface area contributed by atoms with Gasteiger partial charge in [0, 0.05) is 13.2 Å². The van der Waals surface area contributed by atoms with E-state index >= 15 is 0 Å². The Kier molecular flexibility index (Phi) is 3.62. The molecule has 76 valence electrons. The number of rotatable bonds is 1. The molecule has 0 aliphatic carbocycles. The van der Waals surface area contributed by atoms with Crippen molar-refractivity contribution in [1.82, 2.24) is 5.32 Å². The molecule has 0 saturated carbocycles. The van der Waals surface area contributed by atoms with Gasteiger partial charge in [-0.3, -0.25) is 0 Å². The van der Waals surface area contributed by atoms with E-state index in [2.05, 4.69) is 5.32 Å². The summed E-state index contributed by atoms with van der Waals surface area (Å²) in [7, 11) is 0. The third-order valence-electron chi connectivity index (χ3n) is 3.49. The van der Waals surface area contributed by atoms with Crippen LogP contribution in [0.15, 0.2) is 0 Å². The van der Waals surface area contributed by atoms with Gasteiger partial charge in [0.1, 0.15) is 0 Å². The maximum absolute atomic E-state index is 5.47. The lowest BCUT2D eigenvalue weighted by atomic mass is 9.83. The predicted octanol–water partition coefficient (Wildman–Crippen LogP) is 1.80. The van der Waals surface area contributed by atoms with Gasteiger partial charge in [-0.1, -0.05) is 0 Å². The molecule has 2 heteroatoms. The van der Waals surface area contributed by atoms with E-state index in [1.54, 1.807) is 0 Å². The molecule has 0 amide bonds. The molecule has 1 N–H and O–H groups in total. The van der Waals surface area contributed by atoms with Gasteiger partial charge in [-0.05, 0) is 57.0 Å². The largest absolute Gasteiger partial charge is 0.381 e. The monoisotopic (exact) mass is 183 g/mol. The number of ether oxygens (including phenoxy) is 1. The highest BCUT2D eigenvalue weighted by molar-refractivity contribution is 4.75. The molecule has 2 nitrogen and oxygen atoms in total. The molecule has 0 aromatic carbocycles. The Labute approximate surface area is 81.0 Å². The second-order valence-electron chi connectivity index (χ2n) is 4.42. The minimum absolute atomic E-state index is 0.887. The van der Waals surface area contributed by atoms with Crippen LogP contribution in [0.1, 0.15) is 32.1 Å². The minimum Gasteiger partial charge on any atom is -0.381 e. The summed E-state index contributed by atoms with van der Waals surface area (Å²) in [4.78, 5) is 0. The van der Waals surface area contributed by atoms with Gasteiger partial charge in [-0.2, -0.15) is 0 Å². The summed E-state index contributed by atoms with van der Waals surface area (Å²) in [6.45, 7) is 4.51. The normalized spacial score (nSPS) is 32.8. The molecule has 2 aliphatic rings. The van der Waals surface area contributed by atoms with E-state index in [4.69, 9.17) is 4.74 Å². The first-order chi connectivity index (χ1) is 6.47. The molecule has 1 atom stereocenters. The van der Waals surface area contributed by atoms with Crippen LogP contribution in [0.3, 0.4) is 0 Å². The Morgan fingerprint density at radius 2 is 1.69 bits per heavy atom. The highest BCUT2D eigenvalue weighted by atomic mass is 16.5. The van der Waals surface area contributed by atoms with E-state index in [1.165, 1.54) is 45.2 Å². The van der Waals surface area contributed by atoms with Gasteiger partial charge in [0.15, 0.2) is 0 Å². The van der Waals surface area contributed by atoms with E-state index in [-0.39, 0.29) is 0 Å². The van der Waals surface area contributed by atoms with E-state index < -0.39 is 0 Å². The Morgan fingerprint density at radius 1 is 0.923 bits per heavy atom. The van der Waals surface area contributed by atoms with Gasteiger partial charge in [-0.15, -0.1) is 0 Å². The SMILES string of the molecule is C1CNCCCC(C2CCOC2)C1. The molecule has 0 aromatic heterocycles. The lowest BCUT2D eigenvalue weighted by Gasteiger charge is -2.24. The van der Waals surface area contributed by atoms with Crippen molar-refractivity contribution in [2.45, 2.75) is 32.1 Å². The molecular formula is C11H21NO. The molecule has 0 bridgehead atoms. The maximum atomic E-state index is 5.47. The van der Waals surface area contributed by atoms with E-state index in [0.29, 0.717) is 0 Å². The van der Waals surface area contributed by atoms with Crippen molar-refractivity contribution in [3.63, 3.8) is 0 Å². The molecule has 2 saturated heterocycles. The van der Waals surface area contributed by atoms with Crippen molar-refractivity contribution in [3.8, 4) is 0 Å².